The van der Waals surface area contributed by atoms with Crippen molar-refractivity contribution in [3.8, 4) is 0 Å². The first-order valence-electron chi connectivity index (χ1n) is 4.19. The highest BCUT2D eigenvalue weighted by Gasteiger charge is 2.29. The SMILES string of the molecule is COC(=O)CNCC(O)C1CC1. The van der Waals surface area contributed by atoms with Crippen LogP contribution in [0.25, 0.3) is 0 Å². The lowest BCUT2D eigenvalue weighted by molar-refractivity contribution is -0.139. The van der Waals surface area contributed by atoms with E-state index in [2.05, 4.69) is 10.1 Å². The van der Waals surface area contributed by atoms with E-state index in [1.807, 2.05) is 0 Å². The molecule has 0 amide bonds. The molecule has 0 aromatic carbocycles. The molecule has 1 saturated carbocycles. The van der Waals surface area contributed by atoms with Crippen LogP contribution in [-0.4, -0.2) is 37.4 Å². The summed E-state index contributed by atoms with van der Waals surface area (Å²) in [7, 11) is 1.35. The second kappa shape index (κ2) is 4.42. The Hall–Kier alpha value is -0.610. The lowest BCUT2D eigenvalue weighted by atomic mass is 10.2. The van der Waals surface area contributed by atoms with Crippen molar-refractivity contribution in [2.45, 2.75) is 18.9 Å². The normalized spacial score (nSPS) is 18.8. The van der Waals surface area contributed by atoms with Crippen LogP contribution in [0.5, 0.6) is 0 Å². The summed E-state index contributed by atoms with van der Waals surface area (Å²) in [5.74, 6) is 0.160. The molecule has 0 radical (unpaired) electrons. The second-order valence-corrected chi connectivity index (χ2v) is 3.11. The molecule has 1 aliphatic carbocycles. The van der Waals surface area contributed by atoms with Crippen LogP contribution in [0.2, 0.25) is 0 Å². The fourth-order valence-electron chi connectivity index (χ4n) is 1.04. The molecule has 12 heavy (non-hydrogen) atoms. The molecule has 1 aliphatic rings. The van der Waals surface area contributed by atoms with Crippen molar-refractivity contribution in [3.63, 3.8) is 0 Å². The standard InChI is InChI=1S/C8H15NO3/c1-12-8(11)5-9-4-7(10)6-2-3-6/h6-7,9-10H,2-5H2,1H3. The zero-order valence-corrected chi connectivity index (χ0v) is 7.25. The van der Waals surface area contributed by atoms with E-state index in [-0.39, 0.29) is 18.6 Å². The molecule has 4 nitrogen and oxygen atoms in total. The molecule has 0 aromatic rings. The summed E-state index contributed by atoms with van der Waals surface area (Å²) in [5.41, 5.74) is 0. The third-order valence-corrected chi connectivity index (χ3v) is 2.02. The highest BCUT2D eigenvalue weighted by Crippen LogP contribution is 2.32. The Bertz CT molecular complexity index is 156. The molecule has 1 unspecified atom stereocenters. The number of rotatable bonds is 5. The smallest absolute Gasteiger partial charge is 0.319 e. The maximum atomic E-state index is 10.6. The van der Waals surface area contributed by atoms with Crippen LogP contribution in [0, 0.1) is 5.92 Å². The Morgan fingerprint density at radius 1 is 1.75 bits per heavy atom. The van der Waals surface area contributed by atoms with Gasteiger partial charge in [-0.2, -0.15) is 0 Å². The molecular formula is C8H15NO3. The van der Waals surface area contributed by atoms with E-state index in [0.29, 0.717) is 12.5 Å². The van der Waals surface area contributed by atoms with Gasteiger partial charge in [-0.05, 0) is 18.8 Å². The van der Waals surface area contributed by atoms with Gasteiger partial charge in [-0.3, -0.25) is 4.79 Å². The monoisotopic (exact) mass is 173 g/mol. The zero-order chi connectivity index (χ0) is 8.97. The van der Waals surface area contributed by atoms with Crippen LogP contribution in [0.4, 0.5) is 0 Å². The van der Waals surface area contributed by atoms with Crippen LogP contribution in [0.15, 0.2) is 0 Å². The first-order valence-corrected chi connectivity index (χ1v) is 4.19. The number of carbonyl (C=O) groups excluding carboxylic acids is 1. The predicted molar refractivity (Wildman–Crippen MR) is 43.6 cm³/mol. The van der Waals surface area contributed by atoms with Crippen LogP contribution in [0.1, 0.15) is 12.8 Å². The summed E-state index contributed by atoms with van der Waals surface area (Å²) in [5, 5.41) is 12.2. The van der Waals surface area contributed by atoms with Gasteiger partial charge in [0.15, 0.2) is 0 Å². The summed E-state index contributed by atoms with van der Waals surface area (Å²) in [6, 6.07) is 0. The van der Waals surface area contributed by atoms with Gasteiger partial charge in [0.05, 0.1) is 19.8 Å². The van der Waals surface area contributed by atoms with E-state index in [0.717, 1.165) is 12.8 Å². The molecule has 1 rings (SSSR count). The fourth-order valence-corrected chi connectivity index (χ4v) is 1.04. The largest absolute Gasteiger partial charge is 0.468 e. The fraction of sp³-hybridized carbons (Fsp3) is 0.875. The lowest BCUT2D eigenvalue weighted by Gasteiger charge is -2.08. The molecule has 70 valence electrons. The van der Waals surface area contributed by atoms with Gasteiger partial charge in [0.1, 0.15) is 0 Å². The Morgan fingerprint density at radius 2 is 2.42 bits per heavy atom. The number of hydrogen-bond donors (Lipinski definition) is 2. The minimum atomic E-state index is -0.297. The van der Waals surface area contributed by atoms with Gasteiger partial charge in [0.2, 0.25) is 0 Å². The minimum absolute atomic E-state index is 0.181. The summed E-state index contributed by atoms with van der Waals surface area (Å²) in [6.07, 6.45) is 1.93. The van der Waals surface area contributed by atoms with E-state index in [1.54, 1.807) is 0 Å². The van der Waals surface area contributed by atoms with Gasteiger partial charge in [-0.1, -0.05) is 0 Å². The molecule has 0 heterocycles. The quantitative estimate of drug-likeness (QED) is 0.551. The van der Waals surface area contributed by atoms with Crippen LogP contribution in [0.3, 0.4) is 0 Å². The molecule has 0 spiro atoms. The molecule has 0 aliphatic heterocycles. The Kier molecular flexibility index (Phi) is 3.49. The zero-order valence-electron chi connectivity index (χ0n) is 7.25. The minimum Gasteiger partial charge on any atom is -0.468 e. The summed E-state index contributed by atoms with van der Waals surface area (Å²) < 4.78 is 4.43. The number of aliphatic hydroxyl groups excluding tert-OH is 1. The van der Waals surface area contributed by atoms with Crippen molar-refractivity contribution in [2.75, 3.05) is 20.2 Å². The van der Waals surface area contributed by atoms with E-state index in [4.69, 9.17) is 0 Å². The van der Waals surface area contributed by atoms with Crippen molar-refractivity contribution >= 4 is 5.97 Å². The lowest BCUT2D eigenvalue weighted by Crippen LogP contribution is -2.32. The van der Waals surface area contributed by atoms with Gasteiger partial charge < -0.3 is 15.2 Å². The first-order chi connectivity index (χ1) is 5.74. The molecule has 2 N–H and O–H groups in total. The van der Waals surface area contributed by atoms with Gasteiger partial charge in [-0.25, -0.2) is 0 Å². The third-order valence-electron chi connectivity index (χ3n) is 2.02. The molecule has 1 fully saturated rings. The molecule has 0 bridgehead atoms. The highest BCUT2D eigenvalue weighted by atomic mass is 16.5. The van der Waals surface area contributed by atoms with Crippen LogP contribution < -0.4 is 5.32 Å². The second-order valence-electron chi connectivity index (χ2n) is 3.11. The number of aliphatic hydroxyl groups is 1. The third kappa shape index (κ3) is 3.19. The Morgan fingerprint density at radius 3 is 2.92 bits per heavy atom. The summed E-state index contributed by atoms with van der Waals surface area (Å²) in [6.45, 7) is 0.667. The van der Waals surface area contributed by atoms with Gasteiger partial charge in [0.25, 0.3) is 0 Å². The van der Waals surface area contributed by atoms with Crippen LogP contribution >= 0.6 is 0 Å². The van der Waals surface area contributed by atoms with Crippen LogP contribution in [-0.2, 0) is 9.53 Å². The van der Waals surface area contributed by atoms with E-state index < -0.39 is 0 Å². The molecule has 1 atom stereocenters. The van der Waals surface area contributed by atoms with Crippen molar-refractivity contribution < 1.29 is 14.6 Å². The van der Waals surface area contributed by atoms with E-state index >= 15 is 0 Å². The number of carbonyl (C=O) groups is 1. The number of hydrogen-bond acceptors (Lipinski definition) is 4. The molecule has 0 saturated heterocycles. The van der Waals surface area contributed by atoms with Crippen molar-refractivity contribution in [1.82, 2.24) is 5.32 Å². The van der Waals surface area contributed by atoms with Crippen molar-refractivity contribution in [2.24, 2.45) is 5.92 Å². The number of ether oxygens (including phenoxy) is 1. The Labute approximate surface area is 71.9 Å². The first kappa shape index (κ1) is 9.48. The summed E-state index contributed by atoms with van der Waals surface area (Å²) >= 11 is 0. The Balaban J connectivity index is 1.97. The topological polar surface area (TPSA) is 58.6 Å². The van der Waals surface area contributed by atoms with Crippen molar-refractivity contribution in [1.29, 1.82) is 0 Å². The maximum absolute atomic E-state index is 10.6. The molecular weight excluding hydrogens is 158 g/mol. The predicted octanol–water partition coefficient (Wildman–Crippen LogP) is -0.480. The van der Waals surface area contributed by atoms with Gasteiger partial charge in [0, 0.05) is 6.54 Å². The summed E-state index contributed by atoms with van der Waals surface area (Å²) in [4.78, 5) is 10.6. The molecule has 0 aromatic heterocycles. The highest BCUT2D eigenvalue weighted by molar-refractivity contribution is 5.71. The number of nitrogens with one attached hydrogen (secondary N) is 1. The van der Waals surface area contributed by atoms with Gasteiger partial charge in [-0.15, -0.1) is 0 Å². The molecule has 4 heteroatoms. The maximum Gasteiger partial charge on any atom is 0.319 e. The van der Waals surface area contributed by atoms with E-state index in [1.165, 1.54) is 7.11 Å². The van der Waals surface area contributed by atoms with Gasteiger partial charge >= 0.3 is 5.97 Å². The number of methoxy groups -OCH3 is 1. The van der Waals surface area contributed by atoms with E-state index in [9.17, 15) is 9.90 Å². The number of esters is 1. The van der Waals surface area contributed by atoms with Crippen molar-refractivity contribution in [3.05, 3.63) is 0 Å². The average Bonchev–Trinajstić information content (AvgIpc) is 2.86. The average molecular weight is 173 g/mol.